The van der Waals surface area contributed by atoms with Gasteiger partial charge in [0, 0.05) is 10.2 Å². The molecule has 13 heavy (non-hydrogen) atoms. The Hall–Kier alpha value is 0.137. The van der Waals surface area contributed by atoms with Crippen LogP contribution in [-0.4, -0.2) is 28.7 Å². The van der Waals surface area contributed by atoms with E-state index < -0.39 is 0 Å². The first-order valence-electron chi connectivity index (χ1n) is 5.44. The number of ether oxygens (including phenoxy) is 2. The monoisotopic (exact) mass is 204 g/mol. The average molecular weight is 204 g/mol. The molecule has 0 radical (unpaired) electrons. The van der Waals surface area contributed by atoms with Crippen molar-refractivity contribution in [1.82, 2.24) is 0 Å². The second kappa shape index (κ2) is 7.53. The SMILES string of the molecule is CCC(C)OC(C[SiH3])OC(C)CC. The smallest absolute Gasteiger partial charge is 0.155 e. The minimum Gasteiger partial charge on any atom is -0.350 e. The van der Waals surface area contributed by atoms with E-state index >= 15 is 0 Å². The third-order valence-corrected chi connectivity index (χ3v) is 2.92. The largest absolute Gasteiger partial charge is 0.350 e. The van der Waals surface area contributed by atoms with Crippen LogP contribution >= 0.6 is 0 Å². The fourth-order valence-electron chi connectivity index (χ4n) is 0.935. The Labute approximate surface area is 85.4 Å². The van der Waals surface area contributed by atoms with E-state index in [1.54, 1.807) is 0 Å². The highest BCUT2D eigenvalue weighted by Gasteiger charge is 2.12. The molecule has 0 aliphatic heterocycles. The summed E-state index contributed by atoms with van der Waals surface area (Å²) in [6.45, 7) is 8.48. The Morgan fingerprint density at radius 3 is 1.62 bits per heavy atom. The molecule has 0 spiro atoms. The predicted octanol–water partition coefficient (Wildman–Crippen LogP) is 1.73. The maximum absolute atomic E-state index is 5.73. The number of hydrogen-bond donors (Lipinski definition) is 0. The maximum atomic E-state index is 5.73. The first-order chi connectivity index (χ1) is 6.13. The standard InChI is InChI=1S/C10H24O2Si/c1-5-8(3)11-10(7-13)12-9(4)6-2/h8-10H,5-7H2,1-4,13H3. The van der Waals surface area contributed by atoms with Crippen molar-refractivity contribution < 1.29 is 9.47 Å². The van der Waals surface area contributed by atoms with E-state index in [4.69, 9.17) is 9.47 Å². The summed E-state index contributed by atoms with van der Waals surface area (Å²) in [6, 6.07) is 1.06. The normalized spacial score (nSPS) is 18.5. The first-order valence-corrected chi connectivity index (χ1v) is 6.86. The van der Waals surface area contributed by atoms with Crippen molar-refractivity contribution in [3.05, 3.63) is 0 Å². The molecule has 2 atom stereocenters. The Kier molecular flexibility index (Phi) is 7.61. The van der Waals surface area contributed by atoms with Crippen molar-refractivity contribution >= 4 is 10.2 Å². The molecule has 0 rings (SSSR count). The van der Waals surface area contributed by atoms with E-state index in [9.17, 15) is 0 Å². The van der Waals surface area contributed by atoms with E-state index in [1.807, 2.05) is 0 Å². The van der Waals surface area contributed by atoms with Crippen LogP contribution in [0.2, 0.25) is 6.04 Å². The summed E-state index contributed by atoms with van der Waals surface area (Å²) in [7, 11) is 1.14. The quantitative estimate of drug-likeness (QED) is 0.464. The highest BCUT2D eigenvalue weighted by molar-refractivity contribution is 6.08. The van der Waals surface area contributed by atoms with E-state index in [0.29, 0.717) is 12.2 Å². The van der Waals surface area contributed by atoms with Crippen molar-refractivity contribution in [1.29, 1.82) is 0 Å². The fraction of sp³-hybridized carbons (Fsp3) is 1.00. The van der Waals surface area contributed by atoms with Crippen molar-refractivity contribution in [2.75, 3.05) is 0 Å². The summed E-state index contributed by atoms with van der Waals surface area (Å²) in [5, 5.41) is 0. The zero-order chi connectivity index (χ0) is 10.3. The van der Waals surface area contributed by atoms with Crippen LogP contribution in [0.15, 0.2) is 0 Å². The van der Waals surface area contributed by atoms with Crippen molar-refractivity contribution in [2.45, 2.75) is 65.1 Å². The van der Waals surface area contributed by atoms with E-state index in [1.165, 1.54) is 0 Å². The van der Waals surface area contributed by atoms with Crippen LogP contribution < -0.4 is 0 Å². The van der Waals surface area contributed by atoms with Crippen LogP contribution in [0, 0.1) is 0 Å². The van der Waals surface area contributed by atoms with Gasteiger partial charge < -0.3 is 9.47 Å². The zero-order valence-corrected chi connectivity index (χ0v) is 11.7. The second-order valence-electron chi connectivity index (χ2n) is 3.55. The van der Waals surface area contributed by atoms with Crippen LogP contribution in [0.3, 0.4) is 0 Å². The lowest BCUT2D eigenvalue weighted by molar-refractivity contribution is -0.177. The van der Waals surface area contributed by atoms with Gasteiger partial charge in [-0.2, -0.15) is 0 Å². The minimum absolute atomic E-state index is 0.0385. The molecule has 3 heteroatoms. The molecule has 80 valence electrons. The minimum atomic E-state index is 0.0385. The summed E-state index contributed by atoms with van der Waals surface area (Å²) in [5.41, 5.74) is 0. The van der Waals surface area contributed by atoms with Gasteiger partial charge in [-0.25, -0.2) is 0 Å². The molecule has 0 saturated carbocycles. The lowest BCUT2D eigenvalue weighted by atomic mass is 10.3. The lowest BCUT2D eigenvalue weighted by Gasteiger charge is -2.23. The molecule has 0 bridgehead atoms. The summed E-state index contributed by atoms with van der Waals surface area (Å²) in [4.78, 5) is 0. The molecular weight excluding hydrogens is 180 g/mol. The van der Waals surface area contributed by atoms with Crippen LogP contribution in [-0.2, 0) is 9.47 Å². The van der Waals surface area contributed by atoms with Gasteiger partial charge in [0.1, 0.15) is 0 Å². The van der Waals surface area contributed by atoms with Crippen LogP contribution in [0.25, 0.3) is 0 Å². The number of rotatable bonds is 7. The third kappa shape index (κ3) is 6.24. The molecule has 0 aromatic carbocycles. The van der Waals surface area contributed by atoms with Gasteiger partial charge in [0.15, 0.2) is 6.29 Å². The molecule has 0 aliphatic rings. The topological polar surface area (TPSA) is 18.5 Å². The Balaban J connectivity index is 3.74. The second-order valence-corrected chi connectivity index (χ2v) is 4.36. The molecule has 0 N–H and O–H groups in total. The molecule has 0 heterocycles. The molecule has 2 nitrogen and oxygen atoms in total. The summed E-state index contributed by atoms with van der Waals surface area (Å²) in [5.74, 6) is 0. The predicted molar refractivity (Wildman–Crippen MR) is 60.2 cm³/mol. The summed E-state index contributed by atoms with van der Waals surface area (Å²) < 4.78 is 11.5. The molecular formula is C10H24O2Si. The van der Waals surface area contributed by atoms with Crippen LogP contribution in [0.1, 0.15) is 40.5 Å². The van der Waals surface area contributed by atoms with Crippen molar-refractivity contribution in [3.8, 4) is 0 Å². The van der Waals surface area contributed by atoms with Crippen LogP contribution in [0.4, 0.5) is 0 Å². The molecule has 0 aromatic heterocycles. The first kappa shape index (κ1) is 13.1. The molecule has 0 amide bonds. The van der Waals surface area contributed by atoms with Gasteiger partial charge in [-0.05, 0) is 32.7 Å². The van der Waals surface area contributed by atoms with Gasteiger partial charge in [0.05, 0.1) is 12.2 Å². The van der Waals surface area contributed by atoms with Crippen LogP contribution in [0.5, 0.6) is 0 Å². The third-order valence-electron chi connectivity index (χ3n) is 2.25. The summed E-state index contributed by atoms with van der Waals surface area (Å²) >= 11 is 0. The van der Waals surface area contributed by atoms with Gasteiger partial charge in [0.25, 0.3) is 0 Å². The van der Waals surface area contributed by atoms with E-state index in [2.05, 4.69) is 27.7 Å². The molecule has 2 unspecified atom stereocenters. The zero-order valence-electron chi connectivity index (χ0n) is 9.67. The highest BCUT2D eigenvalue weighted by Crippen LogP contribution is 2.10. The van der Waals surface area contributed by atoms with Gasteiger partial charge in [-0.1, -0.05) is 13.8 Å². The lowest BCUT2D eigenvalue weighted by Crippen LogP contribution is -2.25. The Morgan fingerprint density at radius 1 is 1.00 bits per heavy atom. The maximum Gasteiger partial charge on any atom is 0.155 e. The molecule has 0 aliphatic carbocycles. The van der Waals surface area contributed by atoms with E-state index in [0.717, 1.165) is 29.1 Å². The number of hydrogen-bond acceptors (Lipinski definition) is 2. The van der Waals surface area contributed by atoms with Crippen molar-refractivity contribution in [3.63, 3.8) is 0 Å². The molecule has 0 saturated heterocycles. The molecule has 0 aromatic rings. The Bertz CT molecular complexity index is 107. The Morgan fingerprint density at radius 2 is 1.38 bits per heavy atom. The van der Waals surface area contributed by atoms with Gasteiger partial charge in [-0.15, -0.1) is 0 Å². The fourth-order valence-corrected chi connectivity index (χ4v) is 1.32. The van der Waals surface area contributed by atoms with Gasteiger partial charge in [-0.3, -0.25) is 0 Å². The average Bonchev–Trinajstić information content (AvgIpc) is 2.16. The van der Waals surface area contributed by atoms with Gasteiger partial charge >= 0.3 is 0 Å². The van der Waals surface area contributed by atoms with E-state index in [-0.39, 0.29) is 6.29 Å². The van der Waals surface area contributed by atoms with Gasteiger partial charge in [0.2, 0.25) is 0 Å². The highest BCUT2D eigenvalue weighted by atomic mass is 28.1. The summed E-state index contributed by atoms with van der Waals surface area (Å²) in [6.07, 6.45) is 2.80. The van der Waals surface area contributed by atoms with Crippen molar-refractivity contribution in [2.24, 2.45) is 0 Å². The molecule has 0 fully saturated rings.